The zero-order valence-electron chi connectivity index (χ0n) is 18.6. The van der Waals surface area contributed by atoms with Crippen LogP contribution in [0.25, 0.3) is 0 Å². The summed E-state index contributed by atoms with van der Waals surface area (Å²) in [6.45, 7) is 7.53. The van der Waals surface area contributed by atoms with E-state index in [0.717, 1.165) is 11.3 Å². The summed E-state index contributed by atoms with van der Waals surface area (Å²) in [6.07, 6.45) is 0.498. The summed E-state index contributed by atoms with van der Waals surface area (Å²) in [4.78, 5) is 39.2. The van der Waals surface area contributed by atoms with Crippen LogP contribution >= 0.6 is 0 Å². The highest BCUT2D eigenvalue weighted by molar-refractivity contribution is 6.12. The molecule has 31 heavy (non-hydrogen) atoms. The molecular weight excluding hydrogens is 398 g/mol. The van der Waals surface area contributed by atoms with Gasteiger partial charge in [0, 0.05) is 22.9 Å². The smallest absolute Gasteiger partial charge is 0.336 e. The van der Waals surface area contributed by atoms with Crippen molar-refractivity contribution in [3.8, 4) is 5.75 Å². The topological polar surface area (TPSA) is 90.9 Å². The molecule has 3 atom stereocenters. The molecular formula is C24H29NO6. The molecule has 1 aromatic carbocycles. The summed E-state index contributed by atoms with van der Waals surface area (Å²) in [7, 11) is 1.56. The fourth-order valence-electron chi connectivity index (χ4n) is 4.42. The van der Waals surface area contributed by atoms with Crippen LogP contribution in [0, 0.1) is 11.8 Å². The number of rotatable bonds is 6. The van der Waals surface area contributed by atoms with E-state index in [1.807, 2.05) is 19.1 Å². The lowest BCUT2D eigenvalue weighted by Crippen LogP contribution is -2.43. The van der Waals surface area contributed by atoms with E-state index in [9.17, 15) is 14.4 Å². The summed E-state index contributed by atoms with van der Waals surface area (Å²) >= 11 is 0. The Balaban J connectivity index is 2.17. The number of carbonyl (C=O) groups excluding carboxylic acids is 3. The molecule has 3 rings (SSSR count). The Morgan fingerprint density at radius 3 is 2.52 bits per heavy atom. The van der Waals surface area contributed by atoms with Crippen molar-refractivity contribution in [2.24, 2.45) is 11.8 Å². The molecule has 1 aromatic rings. The average Bonchev–Trinajstić information content (AvgIpc) is 2.73. The number of hydrogen-bond donors (Lipinski definition) is 1. The Bertz CT molecular complexity index is 961. The Morgan fingerprint density at radius 2 is 1.87 bits per heavy atom. The van der Waals surface area contributed by atoms with E-state index < -0.39 is 23.8 Å². The lowest BCUT2D eigenvalue weighted by Gasteiger charge is -2.38. The van der Waals surface area contributed by atoms with Crippen LogP contribution in [0.5, 0.6) is 5.75 Å². The number of dihydropyridines is 1. The molecule has 2 aliphatic rings. The third-order valence-electron chi connectivity index (χ3n) is 5.75. The standard InChI is InChI=1S/C24H29NO6/c1-6-30-23(27)18-13(3)11-17-21(22(18)26)20(15-9-8-10-16(12-15)29-5)19(14(4)25-17)24(28)31-7-2/h8-10,12-13,18,20,25H,6-7,11H2,1-5H3/t13-,18-,20+/m0/s1. The number of esters is 2. The van der Waals surface area contributed by atoms with Crippen molar-refractivity contribution < 1.29 is 28.6 Å². The fourth-order valence-corrected chi connectivity index (χ4v) is 4.42. The van der Waals surface area contributed by atoms with Gasteiger partial charge in [0.2, 0.25) is 0 Å². The Kier molecular flexibility index (Phi) is 6.83. The van der Waals surface area contributed by atoms with Gasteiger partial charge in [0.05, 0.1) is 25.9 Å². The monoisotopic (exact) mass is 427 g/mol. The van der Waals surface area contributed by atoms with Gasteiger partial charge >= 0.3 is 11.9 Å². The maximum Gasteiger partial charge on any atom is 0.336 e. The highest BCUT2D eigenvalue weighted by Crippen LogP contribution is 2.45. The molecule has 166 valence electrons. The molecule has 1 aliphatic carbocycles. The van der Waals surface area contributed by atoms with E-state index in [1.165, 1.54) is 0 Å². The van der Waals surface area contributed by atoms with Crippen LogP contribution in [0.1, 0.15) is 45.6 Å². The number of Topliss-reactive ketones (excluding diaryl/α,β-unsaturated/α-hetero) is 1. The van der Waals surface area contributed by atoms with Gasteiger partial charge in [-0.15, -0.1) is 0 Å². The number of ether oxygens (including phenoxy) is 3. The van der Waals surface area contributed by atoms with Crippen molar-refractivity contribution in [3.05, 3.63) is 52.4 Å². The number of allylic oxidation sites excluding steroid dienone is 3. The van der Waals surface area contributed by atoms with Gasteiger partial charge in [-0.25, -0.2) is 4.79 Å². The highest BCUT2D eigenvalue weighted by atomic mass is 16.5. The predicted octanol–water partition coefficient (Wildman–Crippen LogP) is 3.26. The molecule has 0 saturated carbocycles. The number of hydrogen-bond acceptors (Lipinski definition) is 7. The molecule has 0 spiro atoms. The number of carbonyl (C=O) groups is 3. The van der Waals surface area contributed by atoms with Crippen molar-refractivity contribution >= 4 is 17.7 Å². The van der Waals surface area contributed by atoms with Gasteiger partial charge in [-0.3, -0.25) is 9.59 Å². The van der Waals surface area contributed by atoms with Crippen molar-refractivity contribution in [1.29, 1.82) is 0 Å². The number of methoxy groups -OCH3 is 1. The fraction of sp³-hybridized carbons (Fsp3) is 0.458. The largest absolute Gasteiger partial charge is 0.497 e. The van der Waals surface area contributed by atoms with E-state index in [1.54, 1.807) is 40.0 Å². The number of benzene rings is 1. The molecule has 0 amide bonds. The second kappa shape index (κ2) is 9.37. The first-order valence-corrected chi connectivity index (χ1v) is 10.6. The molecule has 0 fully saturated rings. The highest BCUT2D eigenvalue weighted by Gasteiger charge is 2.47. The quantitative estimate of drug-likeness (QED) is 0.550. The van der Waals surface area contributed by atoms with Crippen LogP contribution in [0.2, 0.25) is 0 Å². The SMILES string of the molecule is CCOC(=O)C1=C(C)NC2=C(C(=O)[C@@H](C(=O)OCC)[C@@H](C)C2)[C@@H]1c1cccc(OC)c1. The summed E-state index contributed by atoms with van der Waals surface area (Å²) in [5.74, 6) is -2.52. The van der Waals surface area contributed by atoms with Gasteiger partial charge in [-0.2, -0.15) is 0 Å². The van der Waals surface area contributed by atoms with Crippen LogP contribution in [-0.4, -0.2) is 38.0 Å². The van der Waals surface area contributed by atoms with Gasteiger partial charge in [0.1, 0.15) is 11.7 Å². The number of nitrogens with one attached hydrogen (secondary N) is 1. The number of ketones is 1. The molecule has 0 unspecified atom stereocenters. The minimum absolute atomic E-state index is 0.200. The minimum Gasteiger partial charge on any atom is -0.497 e. The third-order valence-corrected chi connectivity index (χ3v) is 5.75. The van der Waals surface area contributed by atoms with Gasteiger partial charge in [-0.1, -0.05) is 19.1 Å². The van der Waals surface area contributed by atoms with Crippen molar-refractivity contribution in [3.63, 3.8) is 0 Å². The maximum atomic E-state index is 13.7. The van der Waals surface area contributed by atoms with Crippen LogP contribution in [0.4, 0.5) is 0 Å². The first kappa shape index (κ1) is 22.6. The molecule has 1 aliphatic heterocycles. The molecule has 7 heteroatoms. The van der Waals surface area contributed by atoms with Crippen molar-refractivity contribution in [2.75, 3.05) is 20.3 Å². The van der Waals surface area contributed by atoms with E-state index >= 15 is 0 Å². The molecule has 0 radical (unpaired) electrons. The molecule has 0 bridgehead atoms. The van der Waals surface area contributed by atoms with Gasteiger partial charge in [0.25, 0.3) is 0 Å². The third kappa shape index (κ3) is 4.22. The average molecular weight is 427 g/mol. The molecule has 0 aromatic heterocycles. The minimum atomic E-state index is -0.907. The second-order valence-corrected chi connectivity index (χ2v) is 7.76. The lowest BCUT2D eigenvalue weighted by atomic mass is 9.69. The first-order chi connectivity index (χ1) is 14.8. The molecule has 1 N–H and O–H groups in total. The van der Waals surface area contributed by atoms with Gasteiger partial charge < -0.3 is 19.5 Å². The van der Waals surface area contributed by atoms with Crippen LogP contribution in [-0.2, 0) is 23.9 Å². The maximum absolute atomic E-state index is 13.7. The zero-order chi connectivity index (χ0) is 22.7. The lowest BCUT2D eigenvalue weighted by molar-refractivity contribution is -0.153. The van der Waals surface area contributed by atoms with Crippen LogP contribution < -0.4 is 10.1 Å². The van der Waals surface area contributed by atoms with Crippen molar-refractivity contribution in [1.82, 2.24) is 5.32 Å². The van der Waals surface area contributed by atoms with E-state index in [2.05, 4.69) is 5.32 Å². The summed E-state index contributed by atoms with van der Waals surface area (Å²) in [5.41, 5.74) is 2.87. The normalized spacial score (nSPS) is 23.1. The van der Waals surface area contributed by atoms with Gasteiger partial charge in [-0.05, 0) is 50.8 Å². The second-order valence-electron chi connectivity index (χ2n) is 7.76. The Labute approximate surface area is 182 Å². The van der Waals surface area contributed by atoms with Crippen LogP contribution in [0.3, 0.4) is 0 Å². The van der Waals surface area contributed by atoms with E-state index in [0.29, 0.717) is 29.0 Å². The molecule has 0 saturated heterocycles. The van der Waals surface area contributed by atoms with Gasteiger partial charge in [0.15, 0.2) is 5.78 Å². The zero-order valence-corrected chi connectivity index (χ0v) is 18.6. The summed E-state index contributed by atoms with van der Waals surface area (Å²) in [5, 5.41) is 3.24. The van der Waals surface area contributed by atoms with E-state index in [-0.39, 0.29) is 24.9 Å². The first-order valence-electron chi connectivity index (χ1n) is 10.6. The Hall–Kier alpha value is -3.09. The van der Waals surface area contributed by atoms with Crippen LogP contribution in [0.15, 0.2) is 46.8 Å². The molecule has 7 nitrogen and oxygen atoms in total. The van der Waals surface area contributed by atoms with E-state index in [4.69, 9.17) is 14.2 Å². The summed E-state index contributed by atoms with van der Waals surface area (Å²) < 4.78 is 15.9. The van der Waals surface area contributed by atoms with Crippen molar-refractivity contribution in [2.45, 2.75) is 40.0 Å². The summed E-state index contributed by atoms with van der Waals surface area (Å²) in [6, 6.07) is 7.26. The Morgan fingerprint density at radius 1 is 1.16 bits per heavy atom. The predicted molar refractivity (Wildman–Crippen MR) is 114 cm³/mol. The molecule has 1 heterocycles.